The zero-order chi connectivity index (χ0) is 27.8. The molecule has 3 rings (SSSR count). The van der Waals surface area contributed by atoms with Crippen LogP contribution in [0.15, 0.2) is 54.7 Å². The number of hydrogen-bond acceptors (Lipinski definition) is 7. The first kappa shape index (κ1) is 30.4. The fourth-order valence-electron chi connectivity index (χ4n) is 3.60. The molecular weight excluding hydrogens is 512 g/mol. The van der Waals surface area contributed by atoms with E-state index in [0.29, 0.717) is 39.6 Å². The molecule has 0 unspecified atom stereocenters. The fourth-order valence-corrected chi connectivity index (χ4v) is 4.79. The van der Waals surface area contributed by atoms with E-state index in [1.165, 1.54) is 0 Å². The summed E-state index contributed by atoms with van der Waals surface area (Å²) >= 11 is 0. The van der Waals surface area contributed by atoms with E-state index in [1.807, 2.05) is 42.2 Å². The van der Waals surface area contributed by atoms with Crippen LogP contribution < -0.4 is 10.1 Å². The molecule has 39 heavy (non-hydrogen) atoms. The van der Waals surface area contributed by atoms with E-state index in [9.17, 15) is 0 Å². The Balaban J connectivity index is 1.17. The highest BCUT2D eigenvalue weighted by molar-refractivity contribution is 8.23. The van der Waals surface area contributed by atoms with E-state index >= 15 is 0 Å². The molecule has 0 atom stereocenters. The topological polar surface area (TPSA) is 79.7 Å². The molecule has 0 fully saturated rings. The minimum absolute atomic E-state index is 0.475. The van der Waals surface area contributed by atoms with Crippen molar-refractivity contribution in [3.63, 3.8) is 0 Å². The molecule has 0 aliphatic rings. The largest absolute Gasteiger partial charge is 0.491 e. The third kappa shape index (κ3) is 12.1. The van der Waals surface area contributed by atoms with Gasteiger partial charge in [-0.2, -0.15) is 0 Å². The highest BCUT2D eigenvalue weighted by atomic mass is 32.2. The molecule has 0 saturated carbocycles. The van der Waals surface area contributed by atoms with Gasteiger partial charge >= 0.3 is 0 Å². The van der Waals surface area contributed by atoms with Gasteiger partial charge in [0.1, 0.15) is 12.4 Å². The Hall–Kier alpha value is -3.11. The normalized spacial score (nSPS) is 11.7. The van der Waals surface area contributed by atoms with Gasteiger partial charge in [0.15, 0.2) is 0 Å². The average Bonchev–Trinajstić information content (AvgIpc) is 3.41. The van der Waals surface area contributed by atoms with Crippen molar-refractivity contribution in [3.05, 3.63) is 71.5 Å². The summed E-state index contributed by atoms with van der Waals surface area (Å²) in [5.41, 5.74) is 4.38. The van der Waals surface area contributed by atoms with Gasteiger partial charge in [0, 0.05) is 31.2 Å². The van der Waals surface area contributed by atoms with Gasteiger partial charge < -0.3 is 23.7 Å². The number of hydrogen-bond donors (Lipinski definition) is 1. The summed E-state index contributed by atoms with van der Waals surface area (Å²) < 4.78 is 24.7. The molecule has 8 nitrogen and oxygen atoms in total. The Kier molecular flexibility index (Phi) is 13.1. The standard InChI is InChI=1S/C30H42N4O4S/c1-5-28-25-34(33-32-28)17-6-24-39(3,4)38-23-21-36-19-18-35-20-22-37-30-15-11-27(12-16-30)8-7-26-9-13-29(31-2)14-10-26/h7-16,25,31H,3-6,17-24H2,1-2H3/b8-7+. The zero-order valence-electron chi connectivity index (χ0n) is 23.2. The van der Waals surface area contributed by atoms with Crippen LogP contribution in [0.2, 0.25) is 0 Å². The van der Waals surface area contributed by atoms with E-state index in [1.54, 1.807) is 0 Å². The highest BCUT2D eigenvalue weighted by Crippen LogP contribution is 2.21. The van der Waals surface area contributed by atoms with Crippen molar-refractivity contribution in [2.75, 3.05) is 57.8 Å². The van der Waals surface area contributed by atoms with Crippen molar-refractivity contribution in [3.8, 4) is 5.75 Å². The van der Waals surface area contributed by atoms with Crippen LogP contribution in [0.25, 0.3) is 12.2 Å². The maximum absolute atomic E-state index is 5.87. The minimum Gasteiger partial charge on any atom is -0.491 e. The predicted molar refractivity (Wildman–Crippen MR) is 165 cm³/mol. The van der Waals surface area contributed by atoms with Crippen LogP contribution >= 0.6 is 9.49 Å². The second-order valence-electron chi connectivity index (χ2n) is 9.02. The molecule has 1 heterocycles. The lowest BCUT2D eigenvalue weighted by molar-refractivity contribution is 0.0290. The van der Waals surface area contributed by atoms with Crippen molar-refractivity contribution in [1.82, 2.24) is 15.0 Å². The number of benzene rings is 2. The smallest absolute Gasteiger partial charge is 0.119 e. The Morgan fingerprint density at radius 3 is 2.10 bits per heavy atom. The van der Waals surface area contributed by atoms with Gasteiger partial charge in [0.2, 0.25) is 0 Å². The summed E-state index contributed by atoms with van der Waals surface area (Å²) in [6.07, 6.45) is 7.96. The van der Waals surface area contributed by atoms with Gasteiger partial charge in [-0.1, -0.05) is 60.3 Å². The molecule has 9 heteroatoms. The quantitative estimate of drug-likeness (QED) is 0.125. The summed E-state index contributed by atoms with van der Waals surface area (Å²) in [5, 5.41) is 11.3. The maximum Gasteiger partial charge on any atom is 0.119 e. The van der Waals surface area contributed by atoms with Crippen LogP contribution in [0.1, 0.15) is 30.2 Å². The van der Waals surface area contributed by atoms with Crippen molar-refractivity contribution in [1.29, 1.82) is 0 Å². The third-order valence-corrected chi connectivity index (χ3v) is 7.53. The Labute approximate surface area is 233 Å². The first-order chi connectivity index (χ1) is 19.0. The van der Waals surface area contributed by atoms with E-state index in [4.69, 9.17) is 18.4 Å². The average molecular weight is 555 g/mol. The molecule has 0 aliphatic carbocycles. The van der Waals surface area contributed by atoms with Crippen LogP contribution in [0, 0.1) is 0 Å². The summed E-state index contributed by atoms with van der Waals surface area (Å²) in [4.78, 5) is 0. The number of aryl methyl sites for hydroxylation is 2. The van der Waals surface area contributed by atoms with Gasteiger partial charge in [0.05, 0.1) is 38.7 Å². The summed E-state index contributed by atoms with van der Waals surface area (Å²) in [5.74, 6) is 9.93. The number of rotatable bonds is 19. The summed E-state index contributed by atoms with van der Waals surface area (Å²) in [6.45, 7) is 5.83. The van der Waals surface area contributed by atoms with E-state index in [0.717, 1.165) is 53.4 Å². The van der Waals surface area contributed by atoms with Crippen molar-refractivity contribution >= 4 is 39.1 Å². The molecule has 3 aromatic rings. The third-order valence-electron chi connectivity index (χ3n) is 5.83. The van der Waals surface area contributed by atoms with Crippen LogP contribution in [0.5, 0.6) is 5.75 Å². The second-order valence-corrected chi connectivity index (χ2v) is 11.6. The molecular formula is C30H42N4O4S. The van der Waals surface area contributed by atoms with Crippen LogP contribution in [-0.4, -0.2) is 79.2 Å². The number of anilines is 1. The van der Waals surface area contributed by atoms with Gasteiger partial charge in [-0.05, 0) is 48.2 Å². The van der Waals surface area contributed by atoms with Crippen LogP contribution in [0.3, 0.4) is 0 Å². The maximum atomic E-state index is 5.87. The summed E-state index contributed by atoms with van der Waals surface area (Å²) in [6, 6.07) is 16.3. The molecule has 1 N–H and O–H groups in total. The SMILES string of the molecule is C=S(=C)(CCCn1cc(CC)nn1)OCCOCCOCCOc1ccc(/C=C/c2ccc(NC)cc2)cc1. The highest BCUT2D eigenvalue weighted by Gasteiger charge is 2.02. The molecule has 0 saturated heterocycles. The minimum atomic E-state index is -1.60. The van der Waals surface area contributed by atoms with Crippen LogP contribution in [-0.2, 0) is 26.6 Å². The van der Waals surface area contributed by atoms with Crippen molar-refractivity contribution < 1.29 is 18.4 Å². The molecule has 1 aromatic heterocycles. The monoisotopic (exact) mass is 554 g/mol. The van der Waals surface area contributed by atoms with Crippen molar-refractivity contribution in [2.24, 2.45) is 0 Å². The Morgan fingerprint density at radius 1 is 0.872 bits per heavy atom. The van der Waals surface area contributed by atoms with Gasteiger partial charge in [-0.25, -0.2) is 0 Å². The lowest BCUT2D eigenvalue weighted by Crippen LogP contribution is -2.12. The zero-order valence-corrected chi connectivity index (χ0v) is 24.0. The second kappa shape index (κ2) is 16.8. The molecule has 0 amide bonds. The molecule has 0 radical (unpaired) electrons. The first-order valence-electron chi connectivity index (χ1n) is 13.3. The lowest BCUT2D eigenvalue weighted by Gasteiger charge is -2.15. The molecule has 212 valence electrons. The molecule has 0 aliphatic heterocycles. The first-order valence-corrected chi connectivity index (χ1v) is 15.4. The van der Waals surface area contributed by atoms with E-state index < -0.39 is 9.49 Å². The number of ether oxygens (including phenoxy) is 3. The predicted octanol–water partition coefficient (Wildman–Crippen LogP) is 5.16. The Morgan fingerprint density at radius 2 is 1.49 bits per heavy atom. The molecule has 2 aromatic carbocycles. The fraction of sp³-hybridized carbons (Fsp3) is 0.400. The van der Waals surface area contributed by atoms with Gasteiger partial charge in [-0.15, -0.1) is 14.6 Å². The van der Waals surface area contributed by atoms with E-state index in [-0.39, 0.29) is 0 Å². The van der Waals surface area contributed by atoms with E-state index in [2.05, 4.69) is 70.7 Å². The van der Waals surface area contributed by atoms with Gasteiger partial charge in [-0.3, -0.25) is 4.68 Å². The molecule has 0 bridgehead atoms. The van der Waals surface area contributed by atoms with Crippen molar-refractivity contribution in [2.45, 2.75) is 26.3 Å². The number of aromatic nitrogens is 3. The number of nitrogens with one attached hydrogen (secondary N) is 1. The van der Waals surface area contributed by atoms with Crippen LogP contribution in [0.4, 0.5) is 5.69 Å². The lowest BCUT2D eigenvalue weighted by atomic mass is 10.1. The number of nitrogens with zero attached hydrogens (tertiary/aromatic N) is 3. The summed E-state index contributed by atoms with van der Waals surface area (Å²) in [7, 11) is 0.317. The van der Waals surface area contributed by atoms with Gasteiger partial charge in [0.25, 0.3) is 0 Å². The Bertz CT molecular complexity index is 1220. The molecule has 0 spiro atoms.